The third-order valence-corrected chi connectivity index (χ3v) is 4.47. The summed E-state index contributed by atoms with van der Waals surface area (Å²) in [6, 6.07) is 13.2. The highest BCUT2D eigenvalue weighted by Crippen LogP contribution is 2.24. The first kappa shape index (κ1) is 17.8. The second-order valence-electron chi connectivity index (χ2n) is 7.32. The Labute approximate surface area is 152 Å². The molecule has 0 fully saturated rings. The van der Waals surface area contributed by atoms with Crippen molar-refractivity contribution < 1.29 is 4.79 Å². The molecule has 26 heavy (non-hydrogen) atoms. The number of hydrogen-bond acceptors (Lipinski definition) is 2. The third-order valence-electron chi connectivity index (χ3n) is 4.47. The number of hydrogen-bond donors (Lipinski definition) is 4. The molecule has 0 unspecified atom stereocenters. The smallest absolute Gasteiger partial charge is 0.323 e. The maximum Gasteiger partial charge on any atom is 0.323 e. The Morgan fingerprint density at radius 3 is 2.50 bits per heavy atom. The maximum absolute atomic E-state index is 12.5. The van der Waals surface area contributed by atoms with Gasteiger partial charge in [0.1, 0.15) is 0 Å². The lowest BCUT2D eigenvalue weighted by Gasteiger charge is -2.28. The summed E-state index contributed by atoms with van der Waals surface area (Å²) in [4.78, 5) is 29.1. The number of amides is 2. The molecule has 3 aromatic rings. The molecule has 1 heterocycles. The van der Waals surface area contributed by atoms with Crippen LogP contribution in [0.3, 0.4) is 0 Å². The van der Waals surface area contributed by atoms with Gasteiger partial charge in [0.2, 0.25) is 0 Å². The Hall–Kier alpha value is -3.02. The first-order valence-electron chi connectivity index (χ1n) is 8.66. The normalized spacial score (nSPS) is 11.7. The minimum absolute atomic E-state index is 0.271. The number of urea groups is 1. The Morgan fingerprint density at radius 2 is 1.77 bits per heavy atom. The van der Waals surface area contributed by atoms with E-state index in [-0.39, 0.29) is 11.7 Å². The van der Waals surface area contributed by atoms with Crippen molar-refractivity contribution in [3.05, 3.63) is 64.1 Å². The van der Waals surface area contributed by atoms with Gasteiger partial charge in [-0.1, -0.05) is 38.1 Å². The molecule has 136 valence electrons. The topological polar surface area (TPSA) is 89.8 Å². The largest absolute Gasteiger partial charge is 0.329 e. The van der Waals surface area contributed by atoms with Gasteiger partial charge in [0.25, 0.3) is 0 Å². The number of carbonyl (C=O) groups excluding carboxylic acids is 1. The third kappa shape index (κ3) is 3.79. The van der Waals surface area contributed by atoms with Gasteiger partial charge >= 0.3 is 11.7 Å². The van der Waals surface area contributed by atoms with Crippen LogP contribution in [0.2, 0.25) is 0 Å². The number of fused-ring (bicyclic) bond motifs is 1. The average Bonchev–Trinajstić information content (AvgIpc) is 2.93. The summed E-state index contributed by atoms with van der Waals surface area (Å²) in [5.74, 6) is 0.426. The van der Waals surface area contributed by atoms with Crippen LogP contribution in [0.15, 0.2) is 47.3 Å². The van der Waals surface area contributed by atoms with E-state index in [9.17, 15) is 9.59 Å². The van der Waals surface area contributed by atoms with Crippen LogP contribution >= 0.6 is 0 Å². The second-order valence-corrected chi connectivity index (χ2v) is 7.32. The summed E-state index contributed by atoms with van der Waals surface area (Å²) in [5, 5.41) is 5.83. The van der Waals surface area contributed by atoms with E-state index < -0.39 is 5.54 Å². The molecule has 6 nitrogen and oxygen atoms in total. The molecule has 6 heteroatoms. The zero-order valence-electron chi connectivity index (χ0n) is 15.4. The van der Waals surface area contributed by atoms with E-state index in [4.69, 9.17) is 0 Å². The number of aromatic nitrogens is 2. The van der Waals surface area contributed by atoms with E-state index in [2.05, 4.69) is 46.6 Å². The molecule has 3 rings (SSSR count). The lowest BCUT2D eigenvalue weighted by Crippen LogP contribution is -2.43. The lowest BCUT2D eigenvalue weighted by molar-refractivity contribution is 0.242. The number of rotatable bonds is 4. The molecule has 2 aromatic carbocycles. The fourth-order valence-electron chi connectivity index (χ4n) is 2.92. The summed E-state index contributed by atoms with van der Waals surface area (Å²) in [7, 11) is 0. The van der Waals surface area contributed by atoms with Gasteiger partial charge in [-0.3, -0.25) is 0 Å². The number of anilines is 1. The minimum Gasteiger partial charge on any atom is -0.329 e. The Morgan fingerprint density at radius 1 is 1.04 bits per heavy atom. The summed E-state index contributed by atoms with van der Waals surface area (Å²) in [6.45, 7) is 8.24. The molecule has 0 saturated heterocycles. The highest BCUT2D eigenvalue weighted by molar-refractivity contribution is 5.92. The van der Waals surface area contributed by atoms with Gasteiger partial charge in [-0.2, -0.15) is 0 Å². The molecule has 0 spiro atoms. The van der Waals surface area contributed by atoms with Crippen LogP contribution in [0, 0.1) is 0 Å². The molecule has 0 saturated carbocycles. The van der Waals surface area contributed by atoms with Gasteiger partial charge in [-0.25, -0.2) is 9.59 Å². The number of imidazole rings is 1. The number of benzene rings is 2. The quantitative estimate of drug-likeness (QED) is 0.571. The number of nitrogens with one attached hydrogen (secondary N) is 4. The minimum atomic E-state index is -0.526. The van der Waals surface area contributed by atoms with E-state index in [1.54, 1.807) is 18.2 Å². The first-order chi connectivity index (χ1) is 12.2. The predicted molar refractivity (Wildman–Crippen MR) is 105 cm³/mol. The standard InChI is InChI=1S/C20H24N4O2/c1-12(2)13-6-5-7-14(10-13)20(3,4)24-19(26)21-15-8-9-16-17(11-15)23-18(25)22-16/h5-12H,1-4H3,(H2,21,24,26)(H2,22,23,25). The Kier molecular flexibility index (Phi) is 4.59. The van der Waals surface area contributed by atoms with Crippen molar-refractivity contribution in [2.24, 2.45) is 0 Å². The molecule has 0 aliphatic rings. The SMILES string of the molecule is CC(C)c1cccc(C(C)(C)NC(=O)Nc2ccc3[nH]c(=O)[nH]c3c2)c1. The van der Waals surface area contributed by atoms with Crippen molar-refractivity contribution in [1.29, 1.82) is 0 Å². The van der Waals surface area contributed by atoms with Crippen molar-refractivity contribution in [2.75, 3.05) is 5.32 Å². The Bertz CT molecular complexity index is 998. The molecule has 1 aromatic heterocycles. The van der Waals surface area contributed by atoms with Crippen LogP contribution in [-0.4, -0.2) is 16.0 Å². The average molecular weight is 352 g/mol. The number of aromatic amines is 2. The van der Waals surface area contributed by atoms with Crippen LogP contribution < -0.4 is 16.3 Å². The summed E-state index contributed by atoms with van der Waals surface area (Å²) in [5.41, 5.74) is 3.44. The molecule has 0 atom stereocenters. The van der Waals surface area contributed by atoms with Crippen molar-refractivity contribution in [3.8, 4) is 0 Å². The molecule has 4 N–H and O–H groups in total. The van der Waals surface area contributed by atoms with Gasteiger partial charge < -0.3 is 20.6 Å². The van der Waals surface area contributed by atoms with E-state index in [0.717, 1.165) is 5.56 Å². The maximum atomic E-state index is 12.5. The second kappa shape index (κ2) is 6.71. The fourth-order valence-corrected chi connectivity index (χ4v) is 2.92. The number of carbonyl (C=O) groups is 1. The monoisotopic (exact) mass is 352 g/mol. The molecule has 0 bridgehead atoms. The molecular formula is C20H24N4O2. The summed E-state index contributed by atoms with van der Waals surface area (Å²) in [6.07, 6.45) is 0. The van der Waals surface area contributed by atoms with E-state index in [0.29, 0.717) is 22.6 Å². The van der Waals surface area contributed by atoms with Gasteiger partial charge in [0.15, 0.2) is 0 Å². The van der Waals surface area contributed by atoms with E-state index >= 15 is 0 Å². The fraction of sp³-hybridized carbons (Fsp3) is 0.300. The highest BCUT2D eigenvalue weighted by Gasteiger charge is 2.23. The highest BCUT2D eigenvalue weighted by atomic mass is 16.2. The summed E-state index contributed by atoms with van der Waals surface area (Å²) < 4.78 is 0. The van der Waals surface area contributed by atoms with Crippen molar-refractivity contribution in [3.63, 3.8) is 0 Å². The van der Waals surface area contributed by atoms with Crippen molar-refractivity contribution in [2.45, 2.75) is 39.2 Å². The van der Waals surface area contributed by atoms with Crippen LogP contribution in [0.1, 0.15) is 44.7 Å². The summed E-state index contributed by atoms with van der Waals surface area (Å²) >= 11 is 0. The van der Waals surface area contributed by atoms with Gasteiger partial charge in [0, 0.05) is 5.69 Å². The van der Waals surface area contributed by atoms with Crippen LogP contribution in [0.4, 0.5) is 10.5 Å². The zero-order chi connectivity index (χ0) is 18.9. The lowest BCUT2D eigenvalue weighted by atomic mass is 9.90. The van der Waals surface area contributed by atoms with Gasteiger partial charge in [-0.15, -0.1) is 0 Å². The van der Waals surface area contributed by atoms with Crippen LogP contribution in [-0.2, 0) is 5.54 Å². The van der Waals surface area contributed by atoms with Crippen molar-refractivity contribution in [1.82, 2.24) is 15.3 Å². The first-order valence-corrected chi connectivity index (χ1v) is 8.66. The molecule has 2 amide bonds. The van der Waals surface area contributed by atoms with E-state index in [1.807, 2.05) is 26.0 Å². The molecular weight excluding hydrogens is 328 g/mol. The number of H-pyrrole nitrogens is 2. The van der Waals surface area contributed by atoms with E-state index in [1.165, 1.54) is 5.56 Å². The zero-order valence-corrected chi connectivity index (χ0v) is 15.4. The van der Waals surface area contributed by atoms with Gasteiger partial charge in [-0.05, 0) is 49.1 Å². The van der Waals surface area contributed by atoms with Crippen molar-refractivity contribution >= 4 is 22.8 Å². The molecule has 0 radical (unpaired) electrons. The predicted octanol–water partition coefficient (Wildman–Crippen LogP) is 4.04. The van der Waals surface area contributed by atoms with Crippen LogP contribution in [0.5, 0.6) is 0 Å². The van der Waals surface area contributed by atoms with Gasteiger partial charge in [0.05, 0.1) is 16.6 Å². The molecule has 0 aliphatic carbocycles. The molecule has 0 aliphatic heterocycles. The van der Waals surface area contributed by atoms with Crippen LogP contribution in [0.25, 0.3) is 11.0 Å². The Balaban J connectivity index is 1.75.